The van der Waals surface area contributed by atoms with Gasteiger partial charge in [0.2, 0.25) is 0 Å². The first-order chi connectivity index (χ1) is 7.75. The third kappa shape index (κ3) is 2.02. The van der Waals surface area contributed by atoms with Gasteiger partial charge in [0.15, 0.2) is 0 Å². The summed E-state index contributed by atoms with van der Waals surface area (Å²) in [7, 11) is 0. The van der Waals surface area contributed by atoms with Gasteiger partial charge in [-0.25, -0.2) is 0 Å². The van der Waals surface area contributed by atoms with Gasteiger partial charge in [0.05, 0.1) is 0 Å². The molecule has 0 aromatic heterocycles. The fourth-order valence-corrected chi connectivity index (χ4v) is 4.02. The molecule has 2 fully saturated rings. The van der Waals surface area contributed by atoms with E-state index in [9.17, 15) is 0 Å². The summed E-state index contributed by atoms with van der Waals surface area (Å²) in [5, 5.41) is 0. The van der Waals surface area contributed by atoms with Crippen LogP contribution in [-0.4, -0.2) is 30.1 Å². The molecule has 94 valence electrons. The SMILES string of the molecule is CCCC(CC)(CN)N1CC2CCCC2C1. The van der Waals surface area contributed by atoms with Gasteiger partial charge in [-0.05, 0) is 37.5 Å². The van der Waals surface area contributed by atoms with Crippen molar-refractivity contribution in [3.63, 3.8) is 0 Å². The van der Waals surface area contributed by atoms with Gasteiger partial charge in [-0.1, -0.05) is 26.7 Å². The van der Waals surface area contributed by atoms with Gasteiger partial charge in [-0.15, -0.1) is 0 Å². The first kappa shape index (κ1) is 12.4. The van der Waals surface area contributed by atoms with Gasteiger partial charge >= 0.3 is 0 Å². The number of hydrogen-bond acceptors (Lipinski definition) is 2. The van der Waals surface area contributed by atoms with Gasteiger partial charge in [-0.3, -0.25) is 4.90 Å². The molecular formula is C14H28N2. The summed E-state index contributed by atoms with van der Waals surface area (Å²) in [6.45, 7) is 8.11. The monoisotopic (exact) mass is 224 g/mol. The van der Waals surface area contributed by atoms with Crippen molar-refractivity contribution in [1.29, 1.82) is 0 Å². The smallest absolute Gasteiger partial charge is 0.0329 e. The second kappa shape index (κ2) is 5.05. The molecule has 0 bridgehead atoms. The van der Waals surface area contributed by atoms with Gasteiger partial charge < -0.3 is 5.73 Å². The summed E-state index contributed by atoms with van der Waals surface area (Å²) in [6, 6.07) is 0. The Bertz CT molecular complexity index is 211. The van der Waals surface area contributed by atoms with Crippen LogP contribution >= 0.6 is 0 Å². The van der Waals surface area contributed by atoms with Crippen molar-refractivity contribution in [2.24, 2.45) is 17.6 Å². The third-order valence-electron chi connectivity index (χ3n) is 5.15. The molecule has 1 aliphatic carbocycles. The zero-order valence-corrected chi connectivity index (χ0v) is 11.0. The number of nitrogens with two attached hydrogens (primary N) is 1. The summed E-state index contributed by atoms with van der Waals surface area (Å²) in [5.74, 6) is 1.99. The van der Waals surface area contributed by atoms with Crippen molar-refractivity contribution in [3.05, 3.63) is 0 Å². The minimum Gasteiger partial charge on any atom is -0.329 e. The van der Waals surface area contributed by atoms with Crippen LogP contribution in [0.1, 0.15) is 52.4 Å². The molecule has 2 N–H and O–H groups in total. The highest BCUT2D eigenvalue weighted by Crippen LogP contribution is 2.41. The first-order valence-electron chi connectivity index (χ1n) is 7.21. The Kier molecular flexibility index (Phi) is 3.91. The van der Waals surface area contributed by atoms with Crippen LogP contribution in [0.2, 0.25) is 0 Å². The van der Waals surface area contributed by atoms with E-state index in [2.05, 4.69) is 18.7 Å². The molecule has 0 spiro atoms. The van der Waals surface area contributed by atoms with Crippen molar-refractivity contribution in [2.75, 3.05) is 19.6 Å². The molecule has 2 rings (SSSR count). The highest BCUT2D eigenvalue weighted by Gasteiger charge is 2.43. The number of fused-ring (bicyclic) bond motifs is 1. The highest BCUT2D eigenvalue weighted by molar-refractivity contribution is 4.98. The Hall–Kier alpha value is -0.0800. The zero-order valence-electron chi connectivity index (χ0n) is 11.0. The number of hydrogen-bond donors (Lipinski definition) is 1. The van der Waals surface area contributed by atoms with Crippen molar-refractivity contribution in [2.45, 2.75) is 57.9 Å². The van der Waals surface area contributed by atoms with E-state index in [0.717, 1.165) is 18.4 Å². The molecule has 2 heteroatoms. The van der Waals surface area contributed by atoms with E-state index in [1.807, 2.05) is 0 Å². The van der Waals surface area contributed by atoms with Crippen LogP contribution in [0.4, 0.5) is 0 Å². The summed E-state index contributed by atoms with van der Waals surface area (Å²) in [4.78, 5) is 2.74. The van der Waals surface area contributed by atoms with E-state index in [-0.39, 0.29) is 0 Å². The van der Waals surface area contributed by atoms with Gasteiger partial charge in [0.1, 0.15) is 0 Å². The van der Waals surface area contributed by atoms with E-state index >= 15 is 0 Å². The molecule has 2 nitrogen and oxygen atoms in total. The largest absolute Gasteiger partial charge is 0.329 e. The molecule has 1 saturated carbocycles. The number of rotatable bonds is 5. The first-order valence-corrected chi connectivity index (χ1v) is 7.21. The van der Waals surface area contributed by atoms with Crippen LogP contribution < -0.4 is 5.73 Å². The highest BCUT2D eigenvalue weighted by atomic mass is 15.2. The van der Waals surface area contributed by atoms with E-state index < -0.39 is 0 Å². The van der Waals surface area contributed by atoms with Gasteiger partial charge in [-0.2, -0.15) is 0 Å². The molecule has 16 heavy (non-hydrogen) atoms. The third-order valence-corrected chi connectivity index (χ3v) is 5.15. The number of likely N-dealkylation sites (tertiary alicyclic amines) is 1. The Labute approximate surface area is 101 Å². The lowest BCUT2D eigenvalue weighted by atomic mass is 9.88. The Morgan fingerprint density at radius 2 is 1.81 bits per heavy atom. The molecule has 3 atom stereocenters. The van der Waals surface area contributed by atoms with Crippen LogP contribution in [0.5, 0.6) is 0 Å². The standard InChI is InChI=1S/C14H28N2/c1-3-8-14(4-2,11-15)16-9-12-6-5-7-13(12)10-16/h12-13H,3-11,15H2,1-2H3. The predicted molar refractivity (Wildman–Crippen MR) is 69.4 cm³/mol. The fourth-order valence-electron chi connectivity index (χ4n) is 4.02. The molecule has 0 aromatic rings. The van der Waals surface area contributed by atoms with E-state index in [4.69, 9.17) is 5.73 Å². The zero-order chi connectivity index (χ0) is 11.6. The van der Waals surface area contributed by atoms with Crippen molar-refractivity contribution >= 4 is 0 Å². The van der Waals surface area contributed by atoms with Gasteiger partial charge in [0.25, 0.3) is 0 Å². The lowest BCUT2D eigenvalue weighted by molar-refractivity contribution is 0.0976. The molecule has 3 unspecified atom stereocenters. The fraction of sp³-hybridized carbons (Fsp3) is 1.00. The quantitative estimate of drug-likeness (QED) is 0.778. The van der Waals surface area contributed by atoms with Crippen molar-refractivity contribution in [3.8, 4) is 0 Å². The minimum absolute atomic E-state index is 0.319. The molecule has 0 aromatic carbocycles. The molecule has 2 aliphatic rings. The summed E-state index contributed by atoms with van der Waals surface area (Å²) in [5.41, 5.74) is 6.41. The maximum Gasteiger partial charge on any atom is 0.0329 e. The minimum atomic E-state index is 0.319. The predicted octanol–water partition coefficient (Wildman–Crippen LogP) is 2.63. The second-order valence-corrected chi connectivity index (χ2v) is 5.89. The van der Waals surface area contributed by atoms with Gasteiger partial charge in [0, 0.05) is 25.2 Å². The van der Waals surface area contributed by atoms with Crippen molar-refractivity contribution in [1.82, 2.24) is 4.90 Å². The molecule has 0 amide bonds. The Morgan fingerprint density at radius 1 is 1.19 bits per heavy atom. The van der Waals surface area contributed by atoms with E-state index in [1.54, 1.807) is 0 Å². The topological polar surface area (TPSA) is 29.3 Å². The summed E-state index contributed by atoms with van der Waals surface area (Å²) < 4.78 is 0. The van der Waals surface area contributed by atoms with E-state index in [0.29, 0.717) is 5.54 Å². The maximum absolute atomic E-state index is 6.09. The van der Waals surface area contributed by atoms with E-state index in [1.165, 1.54) is 51.6 Å². The molecule has 1 aliphatic heterocycles. The van der Waals surface area contributed by atoms with Crippen LogP contribution in [0.15, 0.2) is 0 Å². The normalized spacial score (nSPS) is 33.9. The second-order valence-electron chi connectivity index (χ2n) is 5.89. The molecule has 0 radical (unpaired) electrons. The van der Waals surface area contributed by atoms with Crippen LogP contribution in [0, 0.1) is 11.8 Å². The lowest BCUT2D eigenvalue weighted by Gasteiger charge is -2.41. The van der Waals surface area contributed by atoms with Crippen LogP contribution in [0.3, 0.4) is 0 Å². The lowest BCUT2D eigenvalue weighted by Crippen LogP contribution is -2.52. The average molecular weight is 224 g/mol. The molecular weight excluding hydrogens is 196 g/mol. The molecule has 1 heterocycles. The number of nitrogens with zero attached hydrogens (tertiary/aromatic N) is 1. The van der Waals surface area contributed by atoms with Crippen LogP contribution in [0.25, 0.3) is 0 Å². The maximum atomic E-state index is 6.09. The average Bonchev–Trinajstić information content (AvgIpc) is 2.86. The Balaban J connectivity index is 2.04. The van der Waals surface area contributed by atoms with Crippen molar-refractivity contribution < 1.29 is 0 Å². The summed E-state index contributed by atoms with van der Waals surface area (Å²) >= 11 is 0. The molecule has 1 saturated heterocycles. The van der Waals surface area contributed by atoms with Crippen LogP contribution in [-0.2, 0) is 0 Å². The Morgan fingerprint density at radius 3 is 2.25 bits per heavy atom. The summed E-state index contributed by atoms with van der Waals surface area (Å²) in [6.07, 6.45) is 8.17.